The van der Waals surface area contributed by atoms with Crippen LogP contribution in [0.4, 0.5) is 0 Å². The molecule has 4 heteroatoms. The predicted molar refractivity (Wildman–Crippen MR) is 41.9 cm³/mol. The molecule has 3 nitrogen and oxygen atoms in total. The molecule has 0 aromatic carbocycles. The summed E-state index contributed by atoms with van der Waals surface area (Å²) in [5.74, 6) is 0.674. The molecule has 1 heterocycles. The molecule has 56 valence electrons. The van der Waals surface area contributed by atoms with Crippen molar-refractivity contribution in [1.29, 1.82) is 0 Å². The zero-order chi connectivity index (χ0) is 8.48. The summed E-state index contributed by atoms with van der Waals surface area (Å²) >= 11 is 1.10. The molecule has 0 radical (unpaired) electrons. The Morgan fingerprint density at radius 1 is 1.90 bits per heavy atom. The van der Waals surface area contributed by atoms with Crippen LogP contribution in [0.15, 0.2) is 5.49 Å². The average Bonchev–Trinajstić information content (AvgIpc) is 2.10. The van der Waals surface area contributed by atoms with E-state index >= 15 is 0 Å². The molecule has 10 heavy (non-hydrogen) atoms. The molecule has 0 saturated heterocycles. The summed E-state index contributed by atoms with van der Waals surface area (Å²) < 4.78 is 11.1. The molecule has 0 spiro atoms. The first-order valence-electron chi connectivity index (χ1n) is 3.55. The lowest BCUT2D eigenvalue weighted by molar-refractivity contribution is 0.505. The van der Waals surface area contributed by atoms with Gasteiger partial charge in [0.2, 0.25) is 0 Å². The Kier molecular flexibility index (Phi) is 1.65. The summed E-state index contributed by atoms with van der Waals surface area (Å²) in [4.78, 5) is 3.89. The van der Waals surface area contributed by atoms with Crippen LogP contribution in [0.5, 0.6) is 0 Å². The molecule has 0 saturated carbocycles. The highest BCUT2D eigenvalue weighted by Crippen LogP contribution is 2.05. The quantitative estimate of drug-likeness (QED) is 0.693. The molecular formula is C6H11N3S. The minimum Gasteiger partial charge on any atom is -0.325 e. The van der Waals surface area contributed by atoms with Crippen LogP contribution in [0.1, 0.15) is 21.0 Å². The summed E-state index contributed by atoms with van der Waals surface area (Å²) in [6.07, 6.45) is 0.627. The molecule has 0 amide bonds. The molecule has 0 unspecified atom stereocenters. The number of aromatic nitrogens is 2. The van der Waals surface area contributed by atoms with Gasteiger partial charge in [-0.2, -0.15) is 4.37 Å². The lowest BCUT2D eigenvalue weighted by Gasteiger charge is -2.14. The Morgan fingerprint density at radius 3 is 3.00 bits per heavy atom. The third kappa shape index (κ3) is 2.41. The maximum absolute atomic E-state index is 7.13. The molecule has 0 aliphatic rings. The minimum absolute atomic E-state index is 0.254. The molecule has 0 fully saturated rings. The monoisotopic (exact) mass is 158 g/mol. The van der Waals surface area contributed by atoms with Crippen LogP contribution in [0.3, 0.4) is 0 Å². The summed E-state index contributed by atoms with van der Waals surface area (Å²) in [7, 11) is 0. The van der Waals surface area contributed by atoms with Gasteiger partial charge >= 0.3 is 0 Å². The van der Waals surface area contributed by atoms with Crippen molar-refractivity contribution < 1.29 is 1.37 Å². The van der Waals surface area contributed by atoms with E-state index in [-0.39, 0.29) is 11.0 Å². The first-order valence-corrected chi connectivity index (χ1v) is 3.83. The van der Waals surface area contributed by atoms with E-state index in [9.17, 15) is 0 Å². The molecule has 1 rings (SSSR count). The third-order valence-electron chi connectivity index (χ3n) is 0.980. The standard InChI is InChI=1S/C6H11N3S/c1-6(2,7)3-5-8-4-10-9-5/h4H,3,7H2,1-2H3/i4D. The van der Waals surface area contributed by atoms with Gasteiger partial charge in [0, 0.05) is 12.0 Å². The van der Waals surface area contributed by atoms with Crippen LogP contribution < -0.4 is 5.73 Å². The van der Waals surface area contributed by atoms with Crippen LogP contribution >= 0.6 is 11.5 Å². The Hall–Kier alpha value is -0.480. The zero-order valence-corrected chi connectivity index (χ0v) is 6.90. The van der Waals surface area contributed by atoms with Gasteiger partial charge in [-0.05, 0) is 25.4 Å². The molecule has 1 aromatic heterocycles. The van der Waals surface area contributed by atoms with Crippen molar-refractivity contribution in [1.82, 2.24) is 9.36 Å². The van der Waals surface area contributed by atoms with Gasteiger partial charge in [-0.1, -0.05) is 0 Å². The van der Waals surface area contributed by atoms with E-state index in [0.29, 0.717) is 12.2 Å². The van der Waals surface area contributed by atoms with Crippen LogP contribution in [0.25, 0.3) is 0 Å². The highest BCUT2D eigenvalue weighted by atomic mass is 32.1. The topological polar surface area (TPSA) is 51.8 Å². The molecule has 0 bridgehead atoms. The number of nitrogens with two attached hydrogens (primary N) is 1. The van der Waals surface area contributed by atoms with Gasteiger partial charge in [0.15, 0.2) is 0 Å². The summed E-state index contributed by atoms with van der Waals surface area (Å²) in [5, 5.41) is 0. The van der Waals surface area contributed by atoms with Crippen molar-refractivity contribution in [3.8, 4) is 0 Å². The lowest BCUT2D eigenvalue weighted by Crippen LogP contribution is -2.34. The van der Waals surface area contributed by atoms with Crippen molar-refractivity contribution >= 4 is 11.5 Å². The second-order valence-electron chi connectivity index (χ2n) is 2.97. The Morgan fingerprint density at radius 2 is 2.60 bits per heavy atom. The maximum atomic E-state index is 7.13. The smallest absolute Gasteiger partial charge is 0.144 e. The average molecular weight is 158 g/mol. The van der Waals surface area contributed by atoms with Crippen molar-refractivity contribution in [2.24, 2.45) is 5.73 Å². The Bertz CT molecular complexity index is 240. The van der Waals surface area contributed by atoms with Crippen molar-refractivity contribution in [3.63, 3.8) is 0 Å². The van der Waals surface area contributed by atoms with Crippen molar-refractivity contribution in [2.45, 2.75) is 25.8 Å². The van der Waals surface area contributed by atoms with E-state index in [4.69, 9.17) is 7.10 Å². The van der Waals surface area contributed by atoms with E-state index < -0.39 is 0 Å². The first-order chi connectivity index (χ1) is 4.97. The van der Waals surface area contributed by atoms with Gasteiger partial charge < -0.3 is 5.73 Å². The van der Waals surface area contributed by atoms with Gasteiger partial charge in [-0.15, -0.1) is 0 Å². The zero-order valence-electron chi connectivity index (χ0n) is 7.09. The largest absolute Gasteiger partial charge is 0.325 e. The predicted octanol–water partition coefficient (Wildman–Crippen LogP) is 0.818. The second-order valence-corrected chi connectivity index (χ2v) is 3.51. The van der Waals surface area contributed by atoms with Gasteiger partial charge in [0.25, 0.3) is 0 Å². The van der Waals surface area contributed by atoms with Crippen molar-refractivity contribution in [2.75, 3.05) is 0 Å². The van der Waals surface area contributed by atoms with E-state index in [1.165, 1.54) is 0 Å². The van der Waals surface area contributed by atoms with Crippen molar-refractivity contribution in [3.05, 3.63) is 11.3 Å². The summed E-state index contributed by atoms with van der Waals surface area (Å²) in [6, 6.07) is 0. The number of nitrogens with zero attached hydrogens (tertiary/aromatic N) is 2. The molecule has 0 aliphatic heterocycles. The van der Waals surface area contributed by atoms with Gasteiger partial charge in [0.1, 0.15) is 11.3 Å². The summed E-state index contributed by atoms with van der Waals surface area (Å²) in [6.45, 7) is 3.83. The lowest BCUT2D eigenvalue weighted by atomic mass is 10.0. The van der Waals surface area contributed by atoms with Crippen LogP contribution in [0, 0.1) is 0 Å². The fourth-order valence-corrected chi connectivity index (χ4v) is 1.04. The third-order valence-corrected chi connectivity index (χ3v) is 1.46. The Labute approximate surface area is 65.9 Å². The van der Waals surface area contributed by atoms with Crippen LogP contribution in [-0.2, 0) is 6.42 Å². The van der Waals surface area contributed by atoms with E-state index in [0.717, 1.165) is 11.5 Å². The number of hydrogen-bond acceptors (Lipinski definition) is 4. The molecular weight excluding hydrogens is 146 g/mol. The fourth-order valence-electron chi connectivity index (χ4n) is 0.646. The highest BCUT2D eigenvalue weighted by Gasteiger charge is 2.13. The van der Waals surface area contributed by atoms with Crippen LogP contribution in [-0.4, -0.2) is 14.9 Å². The van der Waals surface area contributed by atoms with Gasteiger partial charge in [-0.25, -0.2) is 4.98 Å². The first kappa shape index (κ1) is 6.24. The molecule has 0 aliphatic carbocycles. The van der Waals surface area contributed by atoms with Gasteiger partial charge in [-0.3, -0.25) is 0 Å². The summed E-state index contributed by atoms with van der Waals surface area (Å²) in [5.41, 5.74) is 5.71. The Balaban J connectivity index is 2.65. The normalized spacial score (nSPS) is 13.3. The van der Waals surface area contributed by atoms with E-state index in [1.54, 1.807) is 0 Å². The molecule has 2 N–H and O–H groups in total. The second kappa shape index (κ2) is 2.64. The molecule has 1 aromatic rings. The van der Waals surface area contributed by atoms with Gasteiger partial charge in [0.05, 0.1) is 1.37 Å². The van der Waals surface area contributed by atoms with E-state index in [1.807, 2.05) is 13.8 Å². The maximum Gasteiger partial charge on any atom is 0.144 e. The van der Waals surface area contributed by atoms with Crippen LogP contribution in [0.2, 0.25) is 0 Å². The number of rotatable bonds is 2. The fraction of sp³-hybridized carbons (Fsp3) is 0.667. The number of hydrogen-bond donors (Lipinski definition) is 1. The minimum atomic E-state index is -0.284. The molecule has 0 atom stereocenters. The highest BCUT2D eigenvalue weighted by molar-refractivity contribution is 7.03. The SMILES string of the molecule is [2H]c1nc(CC(C)(C)N)ns1. The van der Waals surface area contributed by atoms with E-state index in [2.05, 4.69) is 9.36 Å².